The molecule has 0 fully saturated rings. The minimum Gasteiger partial charge on any atom is -0.493 e. The van der Waals surface area contributed by atoms with Crippen molar-refractivity contribution in [2.45, 2.75) is 19.3 Å². The normalized spacial score (nSPS) is 9.70. The molecule has 6 heteroatoms. The van der Waals surface area contributed by atoms with Gasteiger partial charge in [0.2, 0.25) is 5.91 Å². The van der Waals surface area contributed by atoms with Gasteiger partial charge in [-0.05, 0) is 25.1 Å². The topological polar surface area (TPSA) is 73.6 Å². The van der Waals surface area contributed by atoms with Gasteiger partial charge in [0.15, 0.2) is 0 Å². The zero-order valence-corrected chi connectivity index (χ0v) is 12.6. The molecular weight excluding hydrogens is 280 g/mol. The third-order valence-electron chi connectivity index (χ3n) is 2.49. The van der Waals surface area contributed by atoms with Crippen molar-refractivity contribution in [3.8, 4) is 5.75 Å². The van der Waals surface area contributed by atoms with Gasteiger partial charge >= 0.3 is 0 Å². The van der Waals surface area contributed by atoms with Gasteiger partial charge in [-0.3, -0.25) is 4.79 Å². The van der Waals surface area contributed by atoms with E-state index in [0.717, 1.165) is 17.9 Å². The molecule has 0 aromatic heterocycles. The van der Waals surface area contributed by atoms with E-state index in [1.54, 1.807) is 7.11 Å². The van der Waals surface area contributed by atoms with Crippen molar-refractivity contribution >= 4 is 24.0 Å². The maximum Gasteiger partial charge on any atom is 0.224 e. The number of amides is 1. The fraction of sp³-hybridized carbons (Fsp3) is 0.500. The molecule has 0 saturated carbocycles. The highest BCUT2D eigenvalue weighted by molar-refractivity contribution is 5.90. The van der Waals surface area contributed by atoms with Crippen LogP contribution in [0, 0.1) is 0 Å². The number of hydrogen-bond donors (Lipinski definition) is 2. The van der Waals surface area contributed by atoms with Gasteiger partial charge in [-0.25, -0.2) is 0 Å². The zero-order chi connectivity index (χ0) is 13.9. The Hall–Kier alpha value is -1.30. The molecular formula is C14H23ClN2O3. The van der Waals surface area contributed by atoms with Crippen LogP contribution in [0.1, 0.15) is 19.3 Å². The second-order valence-corrected chi connectivity index (χ2v) is 4.16. The van der Waals surface area contributed by atoms with Crippen LogP contribution in [0.15, 0.2) is 24.3 Å². The number of nitrogens with one attached hydrogen (secondary N) is 1. The quantitative estimate of drug-likeness (QED) is 0.686. The second-order valence-electron chi connectivity index (χ2n) is 4.16. The van der Waals surface area contributed by atoms with Crippen molar-refractivity contribution in [2.24, 2.45) is 5.73 Å². The van der Waals surface area contributed by atoms with E-state index in [2.05, 4.69) is 5.32 Å². The summed E-state index contributed by atoms with van der Waals surface area (Å²) in [6, 6.07) is 7.36. The van der Waals surface area contributed by atoms with Crippen LogP contribution in [0.5, 0.6) is 5.75 Å². The summed E-state index contributed by atoms with van der Waals surface area (Å²) in [4.78, 5) is 11.6. The van der Waals surface area contributed by atoms with E-state index in [0.29, 0.717) is 32.6 Å². The lowest BCUT2D eigenvalue weighted by Crippen LogP contribution is -2.13. The first kappa shape index (κ1) is 18.7. The number of halogens is 1. The van der Waals surface area contributed by atoms with E-state index in [1.807, 2.05) is 24.3 Å². The average molecular weight is 303 g/mol. The van der Waals surface area contributed by atoms with E-state index in [9.17, 15) is 4.79 Å². The average Bonchev–Trinajstić information content (AvgIpc) is 2.42. The number of methoxy groups -OCH3 is 1. The van der Waals surface area contributed by atoms with Crippen LogP contribution in [0.25, 0.3) is 0 Å². The Labute approximate surface area is 126 Å². The molecule has 1 rings (SSSR count). The van der Waals surface area contributed by atoms with Crippen LogP contribution in [0.4, 0.5) is 5.69 Å². The van der Waals surface area contributed by atoms with Gasteiger partial charge in [0.1, 0.15) is 5.75 Å². The first-order valence-electron chi connectivity index (χ1n) is 6.48. The smallest absolute Gasteiger partial charge is 0.224 e. The molecule has 0 bridgehead atoms. The number of benzene rings is 1. The highest BCUT2D eigenvalue weighted by atomic mass is 35.5. The van der Waals surface area contributed by atoms with Gasteiger partial charge in [-0.1, -0.05) is 6.07 Å². The number of carbonyl (C=O) groups is 1. The van der Waals surface area contributed by atoms with Crippen LogP contribution in [-0.4, -0.2) is 32.8 Å². The summed E-state index contributed by atoms with van der Waals surface area (Å²) < 4.78 is 10.5. The molecule has 0 aliphatic heterocycles. The van der Waals surface area contributed by atoms with E-state index in [4.69, 9.17) is 15.2 Å². The van der Waals surface area contributed by atoms with Crippen molar-refractivity contribution in [3.05, 3.63) is 24.3 Å². The minimum atomic E-state index is -0.0259. The highest BCUT2D eigenvalue weighted by Crippen LogP contribution is 2.17. The Kier molecular flexibility index (Phi) is 10.8. The number of ether oxygens (including phenoxy) is 2. The molecule has 0 aliphatic carbocycles. The maximum absolute atomic E-state index is 11.6. The molecule has 1 aromatic rings. The molecule has 3 N–H and O–H groups in total. The molecule has 20 heavy (non-hydrogen) atoms. The maximum atomic E-state index is 11.6. The summed E-state index contributed by atoms with van der Waals surface area (Å²) in [6.07, 6.45) is 1.97. The number of hydrogen-bond acceptors (Lipinski definition) is 4. The van der Waals surface area contributed by atoms with Crippen LogP contribution in [0.3, 0.4) is 0 Å². The lowest BCUT2D eigenvalue weighted by atomic mass is 10.2. The van der Waals surface area contributed by atoms with Gasteiger partial charge in [0.25, 0.3) is 0 Å². The second kappa shape index (κ2) is 11.5. The molecule has 1 amide bonds. The molecule has 0 saturated heterocycles. The van der Waals surface area contributed by atoms with E-state index in [1.165, 1.54) is 0 Å². The molecule has 0 unspecified atom stereocenters. The van der Waals surface area contributed by atoms with Crippen LogP contribution in [0.2, 0.25) is 0 Å². The van der Waals surface area contributed by atoms with Gasteiger partial charge in [-0.2, -0.15) is 0 Å². The standard InChI is InChI=1S/C14H22N2O3.ClH/c1-18-9-4-10-19-13-6-2-5-12(11-13)16-14(17)7-3-8-15;/h2,5-6,11H,3-4,7-10,15H2,1H3,(H,16,17);1H. The summed E-state index contributed by atoms with van der Waals surface area (Å²) >= 11 is 0. The number of carbonyl (C=O) groups excluding carboxylic acids is 1. The minimum absolute atomic E-state index is 0. The first-order chi connectivity index (χ1) is 9.26. The van der Waals surface area contributed by atoms with Crippen LogP contribution < -0.4 is 15.8 Å². The fourth-order valence-electron chi connectivity index (χ4n) is 1.54. The predicted molar refractivity (Wildman–Crippen MR) is 82.6 cm³/mol. The summed E-state index contributed by atoms with van der Waals surface area (Å²) in [5, 5.41) is 2.82. The SMILES string of the molecule is COCCCOc1cccc(NC(=O)CCCN)c1.Cl. The molecule has 0 atom stereocenters. The first-order valence-corrected chi connectivity index (χ1v) is 6.48. The number of anilines is 1. The van der Waals surface area contributed by atoms with Crippen LogP contribution >= 0.6 is 12.4 Å². The Bertz CT molecular complexity index is 388. The Morgan fingerprint density at radius 2 is 2.10 bits per heavy atom. The monoisotopic (exact) mass is 302 g/mol. The summed E-state index contributed by atoms with van der Waals surface area (Å²) in [5.74, 6) is 0.717. The third-order valence-corrected chi connectivity index (χ3v) is 2.49. The van der Waals surface area contributed by atoms with Gasteiger partial charge in [-0.15, -0.1) is 12.4 Å². The van der Waals surface area contributed by atoms with E-state index in [-0.39, 0.29) is 18.3 Å². The third kappa shape index (κ3) is 7.99. The van der Waals surface area contributed by atoms with Crippen molar-refractivity contribution in [1.82, 2.24) is 0 Å². The molecule has 114 valence electrons. The van der Waals surface area contributed by atoms with Gasteiger partial charge < -0.3 is 20.5 Å². The van der Waals surface area contributed by atoms with E-state index >= 15 is 0 Å². The Balaban J connectivity index is 0.00000361. The summed E-state index contributed by atoms with van der Waals surface area (Å²) in [6.45, 7) is 1.80. The van der Waals surface area contributed by atoms with Crippen molar-refractivity contribution in [3.63, 3.8) is 0 Å². The van der Waals surface area contributed by atoms with E-state index < -0.39 is 0 Å². The summed E-state index contributed by atoms with van der Waals surface area (Å²) in [7, 11) is 1.66. The van der Waals surface area contributed by atoms with Crippen molar-refractivity contribution < 1.29 is 14.3 Å². The van der Waals surface area contributed by atoms with Crippen molar-refractivity contribution in [2.75, 3.05) is 32.2 Å². The molecule has 0 heterocycles. The molecule has 0 aliphatic rings. The fourth-order valence-corrected chi connectivity index (χ4v) is 1.54. The van der Waals surface area contributed by atoms with Gasteiger partial charge in [0.05, 0.1) is 6.61 Å². The Morgan fingerprint density at radius 3 is 2.80 bits per heavy atom. The Morgan fingerprint density at radius 1 is 1.30 bits per heavy atom. The number of nitrogens with two attached hydrogens (primary N) is 1. The lowest BCUT2D eigenvalue weighted by Gasteiger charge is -2.09. The van der Waals surface area contributed by atoms with Crippen molar-refractivity contribution in [1.29, 1.82) is 0 Å². The summed E-state index contributed by atoms with van der Waals surface area (Å²) in [5.41, 5.74) is 6.11. The highest BCUT2D eigenvalue weighted by Gasteiger charge is 2.02. The molecule has 0 radical (unpaired) electrons. The molecule has 5 nitrogen and oxygen atoms in total. The van der Waals surface area contributed by atoms with Gasteiger partial charge in [0, 0.05) is 38.3 Å². The molecule has 1 aromatic carbocycles. The zero-order valence-electron chi connectivity index (χ0n) is 11.8. The predicted octanol–water partition coefficient (Wildman–Crippen LogP) is 2.20. The lowest BCUT2D eigenvalue weighted by molar-refractivity contribution is -0.116. The largest absolute Gasteiger partial charge is 0.493 e. The van der Waals surface area contributed by atoms with Crippen LogP contribution in [-0.2, 0) is 9.53 Å². The number of rotatable bonds is 9. The molecule has 0 spiro atoms.